The molecule has 0 heterocycles. The van der Waals surface area contributed by atoms with E-state index in [4.69, 9.17) is 18.9 Å². The summed E-state index contributed by atoms with van der Waals surface area (Å²) in [6.45, 7) is 3.25. The first-order valence-corrected chi connectivity index (χ1v) is 11.3. The number of hydrogen-bond acceptors (Lipinski definition) is 5. The minimum atomic E-state index is -0.214. The molecule has 5 nitrogen and oxygen atoms in total. The average Bonchev–Trinajstić information content (AvgIpc) is 2.86. The molecule has 5 heteroatoms. The molecule has 3 rings (SSSR count). The Morgan fingerprint density at radius 2 is 1.67 bits per heavy atom. The maximum Gasteiger partial charge on any atom is 0.305 e. The fourth-order valence-electron chi connectivity index (χ4n) is 3.42. The highest BCUT2D eigenvalue weighted by Gasteiger charge is 2.10. The van der Waals surface area contributed by atoms with Gasteiger partial charge in [0.05, 0.1) is 20.8 Å². The van der Waals surface area contributed by atoms with Crippen LogP contribution >= 0.6 is 0 Å². The standard InChI is InChI=1S/C28H32O5/c1-4-5-17-32-27-19-22(9-15-26(27)23-11-13-24(30-2)14-12-23)20-33-25-8-6-7-21(18-25)10-16-28(29)31-3/h6-9,11-15,18-19H,4-5,10,16-17,20H2,1-3H3. The van der Waals surface area contributed by atoms with E-state index >= 15 is 0 Å². The lowest BCUT2D eigenvalue weighted by atomic mass is 10.0. The van der Waals surface area contributed by atoms with Crippen molar-refractivity contribution in [3.63, 3.8) is 0 Å². The van der Waals surface area contributed by atoms with Crippen LogP contribution in [-0.4, -0.2) is 26.8 Å². The van der Waals surface area contributed by atoms with E-state index in [2.05, 4.69) is 25.1 Å². The van der Waals surface area contributed by atoms with Crippen LogP contribution in [0.15, 0.2) is 66.7 Å². The number of ether oxygens (including phenoxy) is 4. The predicted molar refractivity (Wildman–Crippen MR) is 130 cm³/mol. The lowest BCUT2D eigenvalue weighted by Crippen LogP contribution is -2.02. The van der Waals surface area contributed by atoms with E-state index in [1.807, 2.05) is 48.5 Å². The molecular formula is C28H32O5. The molecule has 0 aliphatic carbocycles. The minimum absolute atomic E-state index is 0.214. The van der Waals surface area contributed by atoms with Crippen molar-refractivity contribution in [3.05, 3.63) is 77.9 Å². The second-order valence-corrected chi connectivity index (χ2v) is 7.77. The van der Waals surface area contributed by atoms with Crippen LogP contribution in [0.2, 0.25) is 0 Å². The van der Waals surface area contributed by atoms with Gasteiger partial charge in [0.25, 0.3) is 0 Å². The molecule has 0 atom stereocenters. The number of rotatable bonds is 12. The van der Waals surface area contributed by atoms with Crippen molar-refractivity contribution in [3.8, 4) is 28.4 Å². The highest BCUT2D eigenvalue weighted by atomic mass is 16.5. The summed E-state index contributed by atoms with van der Waals surface area (Å²) in [5, 5.41) is 0. The number of aryl methyl sites for hydroxylation is 1. The fourth-order valence-corrected chi connectivity index (χ4v) is 3.42. The molecule has 0 bridgehead atoms. The Bertz CT molecular complexity index is 1030. The molecule has 0 spiro atoms. The van der Waals surface area contributed by atoms with Crippen molar-refractivity contribution < 1.29 is 23.7 Å². The summed E-state index contributed by atoms with van der Waals surface area (Å²) < 4.78 is 22.2. The summed E-state index contributed by atoms with van der Waals surface area (Å²) in [5.41, 5.74) is 4.19. The van der Waals surface area contributed by atoms with Crippen LogP contribution in [0.1, 0.15) is 37.3 Å². The van der Waals surface area contributed by atoms with Crippen LogP contribution < -0.4 is 14.2 Å². The number of benzene rings is 3. The van der Waals surface area contributed by atoms with E-state index in [-0.39, 0.29) is 5.97 Å². The van der Waals surface area contributed by atoms with Gasteiger partial charge in [0.2, 0.25) is 0 Å². The van der Waals surface area contributed by atoms with Gasteiger partial charge in [0.1, 0.15) is 23.9 Å². The second-order valence-electron chi connectivity index (χ2n) is 7.77. The van der Waals surface area contributed by atoms with Crippen molar-refractivity contribution in [2.24, 2.45) is 0 Å². The maximum absolute atomic E-state index is 11.4. The summed E-state index contributed by atoms with van der Waals surface area (Å²) in [6.07, 6.45) is 3.05. The number of carbonyl (C=O) groups excluding carboxylic acids is 1. The molecule has 3 aromatic rings. The van der Waals surface area contributed by atoms with Crippen LogP contribution in [0.4, 0.5) is 0 Å². The summed E-state index contributed by atoms with van der Waals surface area (Å²) in [6, 6.07) is 22.0. The quantitative estimate of drug-likeness (QED) is 0.243. The molecule has 0 unspecified atom stereocenters. The average molecular weight is 449 g/mol. The first-order valence-electron chi connectivity index (χ1n) is 11.3. The Kier molecular flexibility index (Phi) is 9.19. The molecule has 0 aliphatic heterocycles. The Labute approximate surface area is 196 Å². The lowest BCUT2D eigenvalue weighted by molar-refractivity contribution is -0.140. The van der Waals surface area contributed by atoms with Gasteiger partial charge in [0, 0.05) is 12.0 Å². The number of methoxy groups -OCH3 is 2. The Morgan fingerprint density at radius 1 is 0.848 bits per heavy atom. The molecule has 0 radical (unpaired) electrons. The zero-order valence-electron chi connectivity index (χ0n) is 19.6. The predicted octanol–water partition coefficient (Wildman–Crippen LogP) is 6.23. The van der Waals surface area contributed by atoms with E-state index in [0.717, 1.165) is 52.3 Å². The lowest BCUT2D eigenvalue weighted by Gasteiger charge is -2.15. The molecule has 3 aromatic carbocycles. The monoisotopic (exact) mass is 448 g/mol. The molecule has 0 fully saturated rings. The topological polar surface area (TPSA) is 54.0 Å². The van der Waals surface area contributed by atoms with Gasteiger partial charge in [-0.25, -0.2) is 0 Å². The van der Waals surface area contributed by atoms with Gasteiger partial charge in [-0.3, -0.25) is 4.79 Å². The van der Waals surface area contributed by atoms with Crippen LogP contribution in [0.3, 0.4) is 0 Å². The van der Waals surface area contributed by atoms with E-state index in [9.17, 15) is 4.79 Å². The molecule has 0 saturated heterocycles. The third-order valence-electron chi connectivity index (χ3n) is 5.35. The number of esters is 1. The van der Waals surface area contributed by atoms with E-state index in [0.29, 0.717) is 26.1 Å². The van der Waals surface area contributed by atoms with Gasteiger partial charge in [-0.2, -0.15) is 0 Å². The molecule has 0 aliphatic rings. The van der Waals surface area contributed by atoms with Gasteiger partial charge < -0.3 is 18.9 Å². The number of carbonyl (C=O) groups is 1. The zero-order valence-corrected chi connectivity index (χ0v) is 19.6. The van der Waals surface area contributed by atoms with E-state index in [1.165, 1.54) is 7.11 Å². The molecule has 0 N–H and O–H groups in total. The van der Waals surface area contributed by atoms with Crippen LogP contribution in [0, 0.1) is 0 Å². The Balaban J connectivity index is 1.72. The number of unbranched alkanes of at least 4 members (excludes halogenated alkanes) is 1. The third kappa shape index (κ3) is 7.28. The highest BCUT2D eigenvalue weighted by Crippen LogP contribution is 2.33. The Hall–Kier alpha value is -3.47. The van der Waals surface area contributed by atoms with Crippen LogP contribution in [0.5, 0.6) is 17.2 Å². The zero-order chi connectivity index (χ0) is 23.5. The largest absolute Gasteiger partial charge is 0.497 e. The molecule has 0 amide bonds. The third-order valence-corrected chi connectivity index (χ3v) is 5.35. The maximum atomic E-state index is 11.4. The second kappa shape index (κ2) is 12.5. The van der Waals surface area contributed by atoms with Crippen molar-refractivity contribution in [2.75, 3.05) is 20.8 Å². The smallest absolute Gasteiger partial charge is 0.305 e. The summed E-state index contributed by atoms with van der Waals surface area (Å²) in [7, 11) is 3.07. The van der Waals surface area contributed by atoms with E-state index < -0.39 is 0 Å². The van der Waals surface area contributed by atoms with Gasteiger partial charge in [-0.1, -0.05) is 49.7 Å². The van der Waals surface area contributed by atoms with Crippen LogP contribution in [-0.2, 0) is 22.6 Å². The van der Waals surface area contributed by atoms with E-state index in [1.54, 1.807) is 7.11 Å². The molecule has 33 heavy (non-hydrogen) atoms. The van der Waals surface area contributed by atoms with Crippen LogP contribution in [0.25, 0.3) is 11.1 Å². The summed E-state index contributed by atoms with van der Waals surface area (Å²) in [4.78, 5) is 11.4. The number of hydrogen-bond donors (Lipinski definition) is 0. The fraction of sp³-hybridized carbons (Fsp3) is 0.321. The van der Waals surface area contributed by atoms with Crippen molar-refractivity contribution in [1.82, 2.24) is 0 Å². The summed E-state index contributed by atoms with van der Waals surface area (Å²) in [5.74, 6) is 2.23. The molecule has 0 saturated carbocycles. The Morgan fingerprint density at radius 3 is 2.39 bits per heavy atom. The van der Waals surface area contributed by atoms with Crippen molar-refractivity contribution in [2.45, 2.75) is 39.2 Å². The first-order chi connectivity index (χ1) is 16.1. The van der Waals surface area contributed by atoms with Gasteiger partial charge in [0.15, 0.2) is 0 Å². The van der Waals surface area contributed by atoms with Gasteiger partial charge in [-0.15, -0.1) is 0 Å². The highest BCUT2D eigenvalue weighted by molar-refractivity contribution is 5.71. The van der Waals surface area contributed by atoms with Crippen molar-refractivity contribution >= 4 is 5.97 Å². The van der Waals surface area contributed by atoms with Gasteiger partial charge >= 0.3 is 5.97 Å². The molecular weight excluding hydrogens is 416 g/mol. The minimum Gasteiger partial charge on any atom is -0.497 e. The van der Waals surface area contributed by atoms with Crippen molar-refractivity contribution in [1.29, 1.82) is 0 Å². The van der Waals surface area contributed by atoms with Gasteiger partial charge in [-0.05, 0) is 59.9 Å². The normalized spacial score (nSPS) is 10.5. The summed E-state index contributed by atoms with van der Waals surface area (Å²) >= 11 is 0. The first kappa shape index (κ1) is 24.2. The molecule has 174 valence electrons. The SMILES string of the molecule is CCCCOc1cc(COc2cccc(CCC(=O)OC)c2)ccc1-c1ccc(OC)cc1. The molecule has 0 aromatic heterocycles.